The van der Waals surface area contributed by atoms with E-state index in [4.69, 9.17) is 4.74 Å². The van der Waals surface area contributed by atoms with Gasteiger partial charge in [-0.15, -0.1) is 0 Å². The number of benzene rings is 1. The number of nitrogens with zero attached hydrogens (tertiary/aromatic N) is 1. The highest BCUT2D eigenvalue weighted by molar-refractivity contribution is 7.89. The van der Waals surface area contributed by atoms with E-state index in [1.165, 1.54) is 11.4 Å². The van der Waals surface area contributed by atoms with Crippen LogP contribution in [0.3, 0.4) is 0 Å². The van der Waals surface area contributed by atoms with E-state index in [-0.39, 0.29) is 23.8 Å². The van der Waals surface area contributed by atoms with E-state index in [9.17, 15) is 18.0 Å². The number of hydrogen-bond donors (Lipinski definition) is 1. The number of aryl methyl sites for hydroxylation is 1. The molecule has 25 heavy (non-hydrogen) atoms. The van der Waals surface area contributed by atoms with Gasteiger partial charge in [-0.05, 0) is 37.0 Å². The zero-order valence-corrected chi connectivity index (χ0v) is 15.2. The quantitative estimate of drug-likeness (QED) is 0.727. The molecule has 1 aliphatic heterocycles. The van der Waals surface area contributed by atoms with Crippen molar-refractivity contribution in [2.45, 2.75) is 37.0 Å². The predicted molar refractivity (Wildman–Crippen MR) is 92.4 cm³/mol. The highest BCUT2D eigenvalue weighted by Crippen LogP contribution is 2.21. The van der Waals surface area contributed by atoms with Crippen molar-refractivity contribution in [3.63, 3.8) is 0 Å². The van der Waals surface area contributed by atoms with Crippen LogP contribution in [0, 0.1) is 0 Å². The fraction of sp³-hybridized carbons (Fsp3) is 0.529. The highest BCUT2D eigenvalue weighted by atomic mass is 32.2. The average Bonchev–Trinajstić information content (AvgIpc) is 2.65. The maximum atomic E-state index is 12.6. The summed E-state index contributed by atoms with van der Waals surface area (Å²) in [7, 11) is -1.97. The first-order valence-corrected chi connectivity index (χ1v) is 9.83. The summed E-state index contributed by atoms with van der Waals surface area (Å²) in [5.74, 6) is -0.825. The van der Waals surface area contributed by atoms with Crippen molar-refractivity contribution in [3.8, 4) is 0 Å². The zero-order chi connectivity index (χ0) is 18.3. The molecule has 1 N–H and O–H groups in total. The maximum Gasteiger partial charge on any atom is 0.306 e. The number of ether oxygens (including phenoxy) is 1. The maximum absolute atomic E-state index is 12.6. The molecule has 1 aliphatic rings. The second-order valence-electron chi connectivity index (χ2n) is 5.94. The zero-order valence-electron chi connectivity index (χ0n) is 14.4. The van der Waals surface area contributed by atoms with Crippen LogP contribution < -0.4 is 5.32 Å². The van der Waals surface area contributed by atoms with E-state index in [0.717, 1.165) is 24.8 Å². The lowest BCUT2D eigenvalue weighted by molar-refractivity contribution is -0.148. The van der Waals surface area contributed by atoms with Crippen LogP contribution in [0.25, 0.3) is 0 Å². The van der Waals surface area contributed by atoms with Crippen LogP contribution in [0.5, 0.6) is 0 Å². The van der Waals surface area contributed by atoms with Gasteiger partial charge in [-0.1, -0.05) is 18.6 Å². The van der Waals surface area contributed by atoms with Crippen molar-refractivity contribution >= 4 is 21.9 Å². The molecule has 0 aromatic heterocycles. The fourth-order valence-electron chi connectivity index (χ4n) is 2.62. The molecular weight excluding hydrogens is 344 g/mol. The van der Waals surface area contributed by atoms with E-state index < -0.39 is 16.0 Å². The molecule has 7 nitrogen and oxygen atoms in total. The lowest BCUT2D eigenvalue weighted by Crippen LogP contribution is -2.35. The SMILES string of the molecule is CNC(=O)COC(=O)CCc1ccc(S(=O)(=O)N2CCCCC2)cc1. The Morgan fingerprint density at radius 3 is 2.36 bits per heavy atom. The van der Waals surface area contributed by atoms with Gasteiger partial charge in [0, 0.05) is 26.6 Å². The Labute approximate surface area is 148 Å². The molecule has 0 aliphatic carbocycles. The lowest BCUT2D eigenvalue weighted by atomic mass is 10.1. The third kappa shape index (κ3) is 5.54. The minimum atomic E-state index is -3.43. The van der Waals surface area contributed by atoms with Gasteiger partial charge >= 0.3 is 5.97 Å². The number of rotatable bonds is 7. The Hall–Kier alpha value is -1.93. The van der Waals surface area contributed by atoms with E-state index >= 15 is 0 Å². The van der Waals surface area contributed by atoms with Gasteiger partial charge in [0.15, 0.2) is 6.61 Å². The largest absolute Gasteiger partial charge is 0.456 e. The van der Waals surface area contributed by atoms with E-state index in [1.54, 1.807) is 24.3 Å². The van der Waals surface area contributed by atoms with Gasteiger partial charge in [0.2, 0.25) is 10.0 Å². The van der Waals surface area contributed by atoms with Crippen LogP contribution in [-0.2, 0) is 30.8 Å². The molecule has 2 rings (SSSR count). The Kier molecular flexibility index (Phi) is 6.95. The summed E-state index contributed by atoms with van der Waals surface area (Å²) < 4.78 is 31.5. The molecule has 0 radical (unpaired) electrons. The topological polar surface area (TPSA) is 92.8 Å². The van der Waals surface area contributed by atoms with Crippen LogP contribution in [0.2, 0.25) is 0 Å². The van der Waals surface area contributed by atoms with Crippen LogP contribution in [0.4, 0.5) is 0 Å². The number of nitrogens with one attached hydrogen (secondary N) is 1. The minimum Gasteiger partial charge on any atom is -0.456 e. The smallest absolute Gasteiger partial charge is 0.306 e. The first-order valence-electron chi connectivity index (χ1n) is 8.39. The van der Waals surface area contributed by atoms with Crippen LogP contribution in [0.1, 0.15) is 31.2 Å². The molecule has 1 aromatic carbocycles. The molecule has 1 fully saturated rings. The van der Waals surface area contributed by atoms with Crippen molar-refractivity contribution in [1.82, 2.24) is 9.62 Å². The molecule has 8 heteroatoms. The molecule has 0 bridgehead atoms. The van der Waals surface area contributed by atoms with E-state index in [0.29, 0.717) is 19.5 Å². The Morgan fingerprint density at radius 2 is 1.76 bits per heavy atom. The fourth-order valence-corrected chi connectivity index (χ4v) is 4.14. The number of piperidine rings is 1. The third-order valence-electron chi connectivity index (χ3n) is 4.14. The van der Waals surface area contributed by atoms with Crippen LogP contribution in [0.15, 0.2) is 29.2 Å². The standard InChI is InChI=1S/C17H24N2O5S/c1-18-16(20)13-24-17(21)10-7-14-5-8-15(9-6-14)25(22,23)19-11-3-2-4-12-19/h5-6,8-9H,2-4,7,10-13H2,1H3,(H,18,20). The molecule has 1 aromatic rings. The van der Waals surface area contributed by atoms with Gasteiger partial charge < -0.3 is 10.1 Å². The first kappa shape index (κ1) is 19.4. The Bertz CT molecular complexity index is 694. The van der Waals surface area contributed by atoms with Gasteiger partial charge in [0.1, 0.15) is 0 Å². The molecule has 1 saturated heterocycles. The summed E-state index contributed by atoms with van der Waals surface area (Å²) in [6, 6.07) is 6.58. The second-order valence-corrected chi connectivity index (χ2v) is 7.88. The molecule has 138 valence electrons. The van der Waals surface area contributed by atoms with Crippen molar-refractivity contribution in [2.24, 2.45) is 0 Å². The normalized spacial score (nSPS) is 15.6. The first-order chi connectivity index (χ1) is 11.9. The summed E-state index contributed by atoms with van der Waals surface area (Å²) in [6.07, 6.45) is 3.43. The number of carbonyl (C=O) groups excluding carboxylic acids is 2. The van der Waals surface area contributed by atoms with Gasteiger partial charge in [0.05, 0.1) is 4.90 Å². The average molecular weight is 368 g/mol. The monoisotopic (exact) mass is 368 g/mol. The van der Waals surface area contributed by atoms with Crippen LogP contribution in [-0.4, -0.2) is 51.3 Å². The van der Waals surface area contributed by atoms with Gasteiger partial charge in [-0.2, -0.15) is 4.31 Å². The lowest BCUT2D eigenvalue weighted by Gasteiger charge is -2.25. The molecule has 0 unspecified atom stereocenters. The van der Waals surface area contributed by atoms with Crippen LogP contribution >= 0.6 is 0 Å². The highest BCUT2D eigenvalue weighted by Gasteiger charge is 2.25. The third-order valence-corrected chi connectivity index (χ3v) is 6.05. The molecule has 0 saturated carbocycles. The summed E-state index contributed by atoms with van der Waals surface area (Å²) in [4.78, 5) is 22.8. The number of esters is 1. The Balaban J connectivity index is 1.89. The minimum absolute atomic E-state index is 0.134. The van der Waals surface area contributed by atoms with Crippen molar-refractivity contribution in [3.05, 3.63) is 29.8 Å². The second kappa shape index (κ2) is 8.96. The summed E-state index contributed by atoms with van der Waals surface area (Å²) in [6.45, 7) is 0.852. The molecule has 1 heterocycles. The number of carbonyl (C=O) groups is 2. The summed E-state index contributed by atoms with van der Waals surface area (Å²) in [5.41, 5.74) is 0.842. The number of hydrogen-bond acceptors (Lipinski definition) is 5. The summed E-state index contributed by atoms with van der Waals surface area (Å²) in [5, 5.41) is 2.36. The van der Waals surface area contributed by atoms with E-state index in [2.05, 4.69) is 5.32 Å². The Morgan fingerprint density at radius 1 is 1.12 bits per heavy atom. The molecular formula is C17H24N2O5S. The summed E-state index contributed by atoms with van der Waals surface area (Å²) >= 11 is 0. The number of likely N-dealkylation sites (N-methyl/N-ethyl adjacent to an activating group) is 1. The molecule has 0 atom stereocenters. The molecule has 0 spiro atoms. The molecule has 1 amide bonds. The predicted octanol–water partition coefficient (Wildman–Crippen LogP) is 1.08. The number of amides is 1. The van der Waals surface area contributed by atoms with Crippen molar-refractivity contribution in [1.29, 1.82) is 0 Å². The van der Waals surface area contributed by atoms with Gasteiger partial charge in [-0.25, -0.2) is 8.42 Å². The van der Waals surface area contributed by atoms with Gasteiger partial charge in [-0.3, -0.25) is 9.59 Å². The van der Waals surface area contributed by atoms with Crippen molar-refractivity contribution < 1.29 is 22.7 Å². The van der Waals surface area contributed by atoms with Gasteiger partial charge in [0.25, 0.3) is 5.91 Å². The van der Waals surface area contributed by atoms with E-state index in [1.807, 2.05) is 0 Å². The van der Waals surface area contributed by atoms with Crippen molar-refractivity contribution in [2.75, 3.05) is 26.7 Å². The number of sulfonamides is 1.